The van der Waals surface area contributed by atoms with Gasteiger partial charge in [-0.2, -0.15) is 0 Å². The van der Waals surface area contributed by atoms with Crippen molar-refractivity contribution in [3.63, 3.8) is 0 Å². The highest BCUT2D eigenvalue weighted by Crippen LogP contribution is 2.26. The van der Waals surface area contributed by atoms with E-state index < -0.39 is 0 Å². The number of urea groups is 1. The van der Waals surface area contributed by atoms with Crippen LogP contribution in [0.15, 0.2) is 42.7 Å². The Kier molecular flexibility index (Phi) is 7.34. The molecule has 1 aromatic heterocycles. The summed E-state index contributed by atoms with van der Waals surface area (Å²) in [6.45, 7) is 4.01. The lowest BCUT2D eigenvalue weighted by Gasteiger charge is -2.29. The second-order valence-electron chi connectivity index (χ2n) is 6.59. The highest BCUT2D eigenvalue weighted by molar-refractivity contribution is 5.96. The number of aryl methyl sites for hydroxylation is 1. The van der Waals surface area contributed by atoms with E-state index in [1.807, 2.05) is 25.3 Å². The molecule has 0 aliphatic carbocycles. The fourth-order valence-corrected chi connectivity index (χ4v) is 2.99. The number of unbranched alkanes of at least 4 members (excludes halogenated alkanes) is 1. The predicted octanol–water partition coefficient (Wildman–Crippen LogP) is 4.14. The van der Waals surface area contributed by atoms with Crippen LogP contribution in [0, 0.1) is 6.92 Å². The van der Waals surface area contributed by atoms with Crippen LogP contribution in [0.2, 0.25) is 0 Å². The summed E-state index contributed by atoms with van der Waals surface area (Å²) in [6.07, 6.45) is 6.51. The topological polar surface area (TPSA) is 74.3 Å². The Labute approximate surface area is 161 Å². The molecule has 2 aromatic rings. The number of rotatable bonds is 7. The molecule has 0 radical (unpaired) electrons. The van der Waals surface area contributed by atoms with E-state index in [-0.39, 0.29) is 18.0 Å². The van der Waals surface area contributed by atoms with Gasteiger partial charge in [0.25, 0.3) is 5.91 Å². The zero-order chi connectivity index (χ0) is 19.8. The molecule has 6 nitrogen and oxygen atoms in total. The van der Waals surface area contributed by atoms with Crippen molar-refractivity contribution in [1.82, 2.24) is 15.2 Å². The van der Waals surface area contributed by atoms with Crippen molar-refractivity contribution >= 4 is 17.6 Å². The van der Waals surface area contributed by atoms with Crippen LogP contribution in [0.1, 0.15) is 53.7 Å². The van der Waals surface area contributed by atoms with Crippen molar-refractivity contribution in [3.05, 3.63) is 59.4 Å². The minimum Gasteiger partial charge on any atom is -0.355 e. The van der Waals surface area contributed by atoms with Crippen LogP contribution in [0.25, 0.3) is 0 Å². The Bertz CT molecular complexity index is 777. The lowest BCUT2D eigenvalue weighted by atomic mass is 10.0. The molecule has 144 valence electrons. The molecule has 0 aliphatic heterocycles. The number of hydrogen-bond acceptors (Lipinski definition) is 3. The first-order valence-corrected chi connectivity index (χ1v) is 9.24. The van der Waals surface area contributed by atoms with Gasteiger partial charge in [0, 0.05) is 37.7 Å². The molecule has 27 heavy (non-hydrogen) atoms. The normalized spacial score (nSPS) is 11.6. The number of carbonyl (C=O) groups is 2. The quantitative estimate of drug-likeness (QED) is 0.771. The molecule has 6 heteroatoms. The molecule has 0 spiro atoms. The van der Waals surface area contributed by atoms with Crippen molar-refractivity contribution in [2.24, 2.45) is 0 Å². The van der Waals surface area contributed by atoms with Gasteiger partial charge >= 0.3 is 6.03 Å². The van der Waals surface area contributed by atoms with Crippen LogP contribution in [-0.4, -0.2) is 35.9 Å². The third-order valence-corrected chi connectivity index (χ3v) is 4.65. The van der Waals surface area contributed by atoms with E-state index in [1.54, 1.807) is 43.4 Å². The SMILES string of the molecule is CCCC[C@@H](c1cccnc1)N(C)C(=O)Nc1ccc(C(=O)NC)cc1C. The van der Waals surface area contributed by atoms with Crippen molar-refractivity contribution in [2.45, 2.75) is 39.2 Å². The Morgan fingerprint density at radius 2 is 2.04 bits per heavy atom. The van der Waals surface area contributed by atoms with Gasteiger partial charge in [0.05, 0.1) is 6.04 Å². The minimum absolute atomic E-state index is 0.0379. The molecule has 0 aliphatic rings. The fourth-order valence-electron chi connectivity index (χ4n) is 2.99. The van der Waals surface area contributed by atoms with Crippen LogP contribution in [0.4, 0.5) is 10.5 Å². The molecule has 3 amide bonds. The van der Waals surface area contributed by atoms with Crippen molar-refractivity contribution < 1.29 is 9.59 Å². The summed E-state index contributed by atoms with van der Waals surface area (Å²) >= 11 is 0. The Balaban J connectivity index is 2.16. The Hall–Kier alpha value is -2.89. The lowest BCUT2D eigenvalue weighted by Crippen LogP contribution is -2.35. The number of nitrogens with zero attached hydrogens (tertiary/aromatic N) is 2. The van der Waals surface area contributed by atoms with Gasteiger partial charge in [-0.3, -0.25) is 9.78 Å². The third kappa shape index (κ3) is 5.29. The molecule has 2 N–H and O–H groups in total. The average Bonchev–Trinajstić information content (AvgIpc) is 2.69. The lowest BCUT2D eigenvalue weighted by molar-refractivity contribution is 0.0963. The molecule has 0 unspecified atom stereocenters. The average molecular weight is 368 g/mol. The molecular weight excluding hydrogens is 340 g/mol. The summed E-state index contributed by atoms with van der Waals surface area (Å²) in [7, 11) is 3.40. The first-order valence-electron chi connectivity index (χ1n) is 9.24. The second kappa shape index (κ2) is 9.71. The van der Waals surface area contributed by atoms with Gasteiger partial charge < -0.3 is 15.5 Å². The largest absolute Gasteiger partial charge is 0.355 e. The molecule has 0 bridgehead atoms. The number of aromatic nitrogens is 1. The number of anilines is 1. The minimum atomic E-state index is -0.184. The first-order chi connectivity index (χ1) is 13.0. The smallest absolute Gasteiger partial charge is 0.322 e. The molecule has 1 aromatic carbocycles. The number of nitrogens with one attached hydrogen (secondary N) is 2. The maximum Gasteiger partial charge on any atom is 0.322 e. The fraction of sp³-hybridized carbons (Fsp3) is 0.381. The van der Waals surface area contributed by atoms with Gasteiger partial charge in [-0.15, -0.1) is 0 Å². The van der Waals surface area contributed by atoms with E-state index in [2.05, 4.69) is 22.5 Å². The van der Waals surface area contributed by atoms with Crippen LogP contribution >= 0.6 is 0 Å². The van der Waals surface area contributed by atoms with Gasteiger partial charge in [0.15, 0.2) is 0 Å². The highest BCUT2D eigenvalue weighted by atomic mass is 16.2. The number of hydrogen-bond donors (Lipinski definition) is 2. The van der Waals surface area contributed by atoms with Crippen molar-refractivity contribution in [3.8, 4) is 0 Å². The zero-order valence-electron chi connectivity index (χ0n) is 16.5. The summed E-state index contributed by atoms with van der Waals surface area (Å²) in [6, 6.07) is 8.90. The van der Waals surface area contributed by atoms with E-state index in [9.17, 15) is 9.59 Å². The number of benzene rings is 1. The Morgan fingerprint density at radius 3 is 2.63 bits per heavy atom. The highest BCUT2D eigenvalue weighted by Gasteiger charge is 2.22. The van der Waals surface area contributed by atoms with Gasteiger partial charge in [-0.05, 0) is 48.7 Å². The van der Waals surface area contributed by atoms with Gasteiger partial charge in [-0.25, -0.2) is 4.79 Å². The van der Waals surface area contributed by atoms with Crippen LogP contribution in [0.3, 0.4) is 0 Å². The molecule has 1 atom stereocenters. The third-order valence-electron chi connectivity index (χ3n) is 4.65. The van der Waals surface area contributed by atoms with Crippen LogP contribution in [-0.2, 0) is 0 Å². The van der Waals surface area contributed by atoms with E-state index in [4.69, 9.17) is 0 Å². The van der Waals surface area contributed by atoms with E-state index in [0.717, 1.165) is 30.4 Å². The predicted molar refractivity (Wildman–Crippen MR) is 108 cm³/mol. The molecule has 0 fully saturated rings. The summed E-state index contributed by atoms with van der Waals surface area (Å²) in [5.74, 6) is -0.149. The van der Waals surface area contributed by atoms with Crippen molar-refractivity contribution in [1.29, 1.82) is 0 Å². The summed E-state index contributed by atoms with van der Waals surface area (Å²) in [5.41, 5.74) is 3.12. The van der Waals surface area contributed by atoms with Gasteiger partial charge in [0.1, 0.15) is 0 Å². The molecule has 1 heterocycles. The Morgan fingerprint density at radius 1 is 1.26 bits per heavy atom. The van der Waals surface area contributed by atoms with Crippen LogP contribution < -0.4 is 10.6 Å². The summed E-state index contributed by atoms with van der Waals surface area (Å²) < 4.78 is 0. The van der Waals surface area contributed by atoms with Crippen LogP contribution in [0.5, 0.6) is 0 Å². The van der Waals surface area contributed by atoms with Gasteiger partial charge in [0.2, 0.25) is 0 Å². The summed E-state index contributed by atoms with van der Waals surface area (Å²) in [5, 5.41) is 5.55. The standard InChI is InChI=1S/C21H28N4O2/c1-5-6-9-19(17-8-7-12-23-14-17)25(4)21(27)24-18-11-10-16(13-15(18)2)20(26)22-3/h7-8,10-14,19H,5-6,9H2,1-4H3,(H,22,26)(H,24,27)/t19-/m0/s1. The maximum absolute atomic E-state index is 12.8. The van der Waals surface area contributed by atoms with E-state index in [1.165, 1.54) is 0 Å². The number of amides is 3. The van der Waals surface area contributed by atoms with Gasteiger partial charge in [-0.1, -0.05) is 25.8 Å². The maximum atomic E-state index is 12.8. The second-order valence-corrected chi connectivity index (χ2v) is 6.59. The number of carbonyl (C=O) groups excluding carboxylic acids is 2. The molecule has 0 saturated heterocycles. The molecule has 2 rings (SSSR count). The molecule has 0 saturated carbocycles. The first kappa shape index (κ1) is 20.4. The monoisotopic (exact) mass is 368 g/mol. The van der Waals surface area contributed by atoms with E-state index >= 15 is 0 Å². The summed E-state index contributed by atoms with van der Waals surface area (Å²) in [4.78, 5) is 30.5. The van der Waals surface area contributed by atoms with E-state index in [0.29, 0.717) is 11.3 Å². The number of pyridine rings is 1. The van der Waals surface area contributed by atoms with Crippen molar-refractivity contribution in [2.75, 3.05) is 19.4 Å². The zero-order valence-corrected chi connectivity index (χ0v) is 16.5. The molecular formula is C21H28N4O2.